The molecule has 0 saturated heterocycles. The van der Waals surface area contributed by atoms with Gasteiger partial charge in [0, 0.05) is 30.3 Å². The number of carbonyl (C=O) groups is 2. The molecule has 0 unspecified atom stereocenters. The van der Waals surface area contributed by atoms with E-state index in [1.807, 2.05) is 24.3 Å². The molecule has 6 nitrogen and oxygen atoms in total. The number of hydrogen-bond donors (Lipinski definition) is 1. The molecule has 6 heteroatoms. The van der Waals surface area contributed by atoms with Gasteiger partial charge in [-0.15, -0.1) is 0 Å². The number of benzene rings is 2. The summed E-state index contributed by atoms with van der Waals surface area (Å²) in [5, 5.41) is 2.73. The lowest BCUT2D eigenvalue weighted by molar-refractivity contribution is 0.0984. The molecular formula is C22H19N3O3. The maximum Gasteiger partial charge on any atom is 0.417 e. The number of aromatic nitrogens is 1. The summed E-state index contributed by atoms with van der Waals surface area (Å²) >= 11 is 0. The van der Waals surface area contributed by atoms with E-state index >= 15 is 0 Å². The third-order valence-corrected chi connectivity index (χ3v) is 4.56. The largest absolute Gasteiger partial charge is 0.417 e. The summed E-state index contributed by atoms with van der Waals surface area (Å²) in [6, 6.07) is 17.9. The van der Waals surface area contributed by atoms with Crippen molar-refractivity contribution >= 4 is 23.4 Å². The molecule has 1 aliphatic heterocycles. The smallest absolute Gasteiger partial charge is 0.410 e. The lowest BCUT2D eigenvalue weighted by Gasteiger charge is -2.30. The average molecular weight is 373 g/mol. The molecule has 4 rings (SSSR count). The maximum absolute atomic E-state index is 12.9. The first kappa shape index (κ1) is 17.7. The Hall–Kier alpha value is -3.67. The number of fused-ring (bicyclic) bond motifs is 1. The fraction of sp³-hybridized carbons (Fsp3) is 0.136. The van der Waals surface area contributed by atoms with Crippen molar-refractivity contribution in [1.29, 1.82) is 0 Å². The average Bonchev–Trinajstić information content (AvgIpc) is 2.74. The van der Waals surface area contributed by atoms with Gasteiger partial charge in [0.15, 0.2) is 0 Å². The van der Waals surface area contributed by atoms with Crippen LogP contribution in [-0.4, -0.2) is 23.5 Å². The van der Waals surface area contributed by atoms with Crippen molar-refractivity contribution in [2.45, 2.75) is 12.8 Å². The van der Waals surface area contributed by atoms with Crippen LogP contribution >= 0.6 is 0 Å². The second-order valence-electron chi connectivity index (χ2n) is 6.47. The number of carbonyl (C=O) groups excluding carboxylic acids is 2. The fourth-order valence-electron chi connectivity index (χ4n) is 3.25. The summed E-state index contributed by atoms with van der Waals surface area (Å²) in [5.74, 6) is 0.365. The van der Waals surface area contributed by atoms with Gasteiger partial charge < -0.3 is 9.64 Å². The number of rotatable bonds is 3. The second-order valence-corrected chi connectivity index (χ2v) is 6.47. The molecule has 0 radical (unpaired) electrons. The summed E-state index contributed by atoms with van der Waals surface area (Å²) in [5.41, 5.74) is 2.99. The highest BCUT2D eigenvalue weighted by molar-refractivity contribution is 6.07. The van der Waals surface area contributed by atoms with Gasteiger partial charge in [0.2, 0.25) is 0 Å². The second kappa shape index (κ2) is 7.92. The molecule has 0 saturated carbocycles. The van der Waals surface area contributed by atoms with Gasteiger partial charge in [0.25, 0.3) is 5.91 Å². The summed E-state index contributed by atoms with van der Waals surface area (Å²) in [6.07, 6.45) is 4.41. The summed E-state index contributed by atoms with van der Waals surface area (Å²) in [7, 11) is 0. The van der Waals surface area contributed by atoms with Crippen LogP contribution in [0.15, 0.2) is 73.1 Å². The van der Waals surface area contributed by atoms with Gasteiger partial charge in [0.05, 0.1) is 5.56 Å². The Kier molecular flexibility index (Phi) is 5.01. The lowest BCUT2D eigenvalue weighted by atomic mass is 10.0. The summed E-state index contributed by atoms with van der Waals surface area (Å²) in [4.78, 5) is 30.8. The number of amides is 2. The molecule has 1 N–H and O–H groups in total. The van der Waals surface area contributed by atoms with E-state index in [-0.39, 0.29) is 5.91 Å². The van der Waals surface area contributed by atoms with Crippen LogP contribution in [-0.2, 0) is 6.42 Å². The van der Waals surface area contributed by atoms with Crippen LogP contribution in [0.4, 0.5) is 16.2 Å². The van der Waals surface area contributed by atoms with Crippen molar-refractivity contribution in [3.8, 4) is 5.75 Å². The minimum absolute atomic E-state index is 0.0990. The van der Waals surface area contributed by atoms with Crippen molar-refractivity contribution in [3.05, 3.63) is 84.2 Å². The molecule has 0 atom stereocenters. The van der Waals surface area contributed by atoms with E-state index in [4.69, 9.17) is 4.74 Å². The normalized spacial score (nSPS) is 12.8. The SMILES string of the molecule is O=C(Nc1ccc2c(c1)N(C(=O)c1cccnc1)CCC2)Oc1ccccc1. The lowest BCUT2D eigenvalue weighted by Crippen LogP contribution is -2.35. The van der Waals surface area contributed by atoms with E-state index < -0.39 is 6.09 Å². The van der Waals surface area contributed by atoms with Crippen LogP contribution in [0, 0.1) is 0 Å². The summed E-state index contributed by atoms with van der Waals surface area (Å²) in [6.45, 7) is 0.624. The number of nitrogens with one attached hydrogen (secondary N) is 1. The number of pyridine rings is 1. The minimum atomic E-state index is -0.577. The highest BCUT2D eigenvalue weighted by Gasteiger charge is 2.24. The zero-order valence-corrected chi connectivity index (χ0v) is 15.2. The van der Waals surface area contributed by atoms with E-state index in [0.717, 1.165) is 24.1 Å². The van der Waals surface area contributed by atoms with Gasteiger partial charge in [-0.3, -0.25) is 15.1 Å². The standard InChI is InChI=1S/C22H19N3O3/c26-21(17-6-4-12-23-15-17)25-13-5-7-16-10-11-18(14-20(16)25)24-22(27)28-19-8-2-1-3-9-19/h1-4,6,8-12,14-15H,5,7,13H2,(H,24,27). The molecule has 0 aliphatic carbocycles. The van der Waals surface area contributed by atoms with Gasteiger partial charge in [0.1, 0.15) is 5.75 Å². The predicted molar refractivity (Wildman–Crippen MR) is 107 cm³/mol. The first-order chi connectivity index (χ1) is 13.7. The van der Waals surface area contributed by atoms with Gasteiger partial charge in [-0.1, -0.05) is 24.3 Å². The Balaban J connectivity index is 1.54. The molecule has 0 spiro atoms. The predicted octanol–water partition coefficient (Wildman–Crippen LogP) is 4.29. The van der Waals surface area contributed by atoms with Crippen LogP contribution in [0.2, 0.25) is 0 Å². The first-order valence-electron chi connectivity index (χ1n) is 9.09. The Morgan fingerprint density at radius 3 is 2.68 bits per heavy atom. The quantitative estimate of drug-likeness (QED) is 0.744. The van der Waals surface area contributed by atoms with E-state index in [0.29, 0.717) is 23.5 Å². The van der Waals surface area contributed by atoms with Crippen LogP contribution in [0.3, 0.4) is 0 Å². The number of aryl methyl sites for hydroxylation is 1. The molecule has 0 bridgehead atoms. The number of ether oxygens (including phenoxy) is 1. The molecule has 2 aromatic carbocycles. The van der Waals surface area contributed by atoms with Crippen LogP contribution in [0.25, 0.3) is 0 Å². The number of nitrogens with zero attached hydrogens (tertiary/aromatic N) is 2. The Labute approximate surface area is 162 Å². The van der Waals surface area contributed by atoms with Gasteiger partial charge in [-0.25, -0.2) is 4.79 Å². The molecular weight excluding hydrogens is 354 g/mol. The first-order valence-corrected chi connectivity index (χ1v) is 9.09. The van der Waals surface area contributed by atoms with Crippen molar-refractivity contribution < 1.29 is 14.3 Å². The zero-order chi connectivity index (χ0) is 19.3. The van der Waals surface area contributed by atoms with E-state index in [9.17, 15) is 9.59 Å². The minimum Gasteiger partial charge on any atom is -0.410 e. The molecule has 28 heavy (non-hydrogen) atoms. The zero-order valence-electron chi connectivity index (χ0n) is 15.2. The van der Waals surface area contributed by atoms with Crippen LogP contribution in [0.5, 0.6) is 5.75 Å². The van der Waals surface area contributed by atoms with Gasteiger partial charge in [-0.05, 0) is 54.8 Å². The van der Waals surface area contributed by atoms with Crippen molar-refractivity contribution in [2.75, 3.05) is 16.8 Å². The van der Waals surface area contributed by atoms with Crippen molar-refractivity contribution in [3.63, 3.8) is 0 Å². The molecule has 3 aromatic rings. The maximum atomic E-state index is 12.9. The van der Waals surface area contributed by atoms with Gasteiger partial charge in [-0.2, -0.15) is 0 Å². The fourth-order valence-corrected chi connectivity index (χ4v) is 3.25. The Bertz CT molecular complexity index is 990. The highest BCUT2D eigenvalue weighted by Crippen LogP contribution is 2.31. The molecule has 1 aliphatic rings. The third-order valence-electron chi connectivity index (χ3n) is 4.56. The topological polar surface area (TPSA) is 71.5 Å². The van der Waals surface area contributed by atoms with E-state index in [2.05, 4.69) is 10.3 Å². The highest BCUT2D eigenvalue weighted by atomic mass is 16.6. The van der Waals surface area contributed by atoms with Crippen LogP contribution < -0.4 is 15.0 Å². The van der Waals surface area contributed by atoms with Crippen molar-refractivity contribution in [2.24, 2.45) is 0 Å². The molecule has 1 aromatic heterocycles. The Morgan fingerprint density at radius 1 is 1.04 bits per heavy atom. The number of hydrogen-bond acceptors (Lipinski definition) is 4. The number of para-hydroxylation sites is 1. The van der Waals surface area contributed by atoms with E-state index in [1.54, 1.807) is 53.7 Å². The molecule has 2 heterocycles. The Morgan fingerprint density at radius 2 is 1.89 bits per heavy atom. The molecule has 2 amide bonds. The third kappa shape index (κ3) is 3.86. The van der Waals surface area contributed by atoms with Crippen LogP contribution in [0.1, 0.15) is 22.3 Å². The summed E-state index contributed by atoms with van der Waals surface area (Å²) < 4.78 is 5.27. The number of anilines is 2. The molecule has 140 valence electrons. The van der Waals surface area contributed by atoms with E-state index in [1.165, 1.54) is 0 Å². The van der Waals surface area contributed by atoms with Crippen molar-refractivity contribution in [1.82, 2.24) is 4.98 Å². The monoisotopic (exact) mass is 373 g/mol. The van der Waals surface area contributed by atoms with Gasteiger partial charge >= 0.3 is 6.09 Å². The molecule has 0 fully saturated rings.